The molecule has 0 aromatic carbocycles. The van der Waals surface area contributed by atoms with Crippen molar-refractivity contribution >= 4 is 7.85 Å². The fraction of sp³-hybridized carbons (Fsp3) is 0.714. The van der Waals surface area contributed by atoms with E-state index in [1.54, 1.807) is 0 Å². The molecule has 1 atom stereocenters. The lowest BCUT2D eigenvalue weighted by atomic mass is 9.85. The van der Waals surface area contributed by atoms with Gasteiger partial charge in [0.1, 0.15) is 0 Å². The van der Waals surface area contributed by atoms with Gasteiger partial charge in [0.15, 0.2) is 0 Å². The number of allylic oxidation sites excluding steroid dienone is 2. The van der Waals surface area contributed by atoms with E-state index in [9.17, 15) is 0 Å². The molecule has 0 bridgehead atoms. The maximum Gasteiger partial charge on any atom is 0.0660 e. The summed E-state index contributed by atoms with van der Waals surface area (Å²) < 4.78 is 0. The van der Waals surface area contributed by atoms with Crippen LogP contribution in [0.3, 0.4) is 0 Å². The fourth-order valence-corrected chi connectivity index (χ4v) is 1.08. The lowest BCUT2D eigenvalue weighted by Crippen LogP contribution is -1.98. The van der Waals surface area contributed by atoms with Gasteiger partial charge in [0.2, 0.25) is 0 Å². The van der Waals surface area contributed by atoms with Crippen molar-refractivity contribution in [1.29, 1.82) is 0 Å². The summed E-state index contributed by atoms with van der Waals surface area (Å²) in [7, 11) is 5.45. The summed E-state index contributed by atoms with van der Waals surface area (Å²) in [6.07, 6.45) is 9.20. The predicted molar refractivity (Wildman–Crippen MR) is 37.0 cm³/mol. The van der Waals surface area contributed by atoms with E-state index in [2.05, 4.69) is 12.2 Å². The van der Waals surface area contributed by atoms with Gasteiger partial charge in [0, 0.05) is 0 Å². The average molecular weight is 106 g/mol. The molecule has 8 heavy (non-hydrogen) atoms. The molecule has 0 fully saturated rings. The summed E-state index contributed by atoms with van der Waals surface area (Å²) in [5, 5.41) is 0. The van der Waals surface area contributed by atoms with Crippen LogP contribution in [0.2, 0.25) is 6.32 Å². The zero-order valence-electron chi connectivity index (χ0n) is 5.14. The molecule has 0 saturated carbocycles. The van der Waals surface area contributed by atoms with Crippen LogP contribution in [0.15, 0.2) is 12.2 Å². The van der Waals surface area contributed by atoms with Gasteiger partial charge in [-0.15, -0.1) is 0 Å². The number of hydrogen-bond acceptors (Lipinski definition) is 0. The molecule has 0 nitrogen and oxygen atoms in total. The largest absolute Gasteiger partial charge is 0.0883 e. The highest BCUT2D eigenvalue weighted by molar-refractivity contribution is 6.08. The standard InChI is InChI=1S/C7H11B/c8-6-7-4-2-1-3-5-7/h2,4,7H,1,3,5-6H2. The van der Waals surface area contributed by atoms with E-state index >= 15 is 0 Å². The lowest BCUT2D eigenvalue weighted by Gasteiger charge is -2.12. The van der Waals surface area contributed by atoms with Gasteiger partial charge < -0.3 is 0 Å². The monoisotopic (exact) mass is 106 g/mol. The van der Waals surface area contributed by atoms with E-state index < -0.39 is 0 Å². The third-order valence-corrected chi connectivity index (χ3v) is 1.66. The molecule has 0 aliphatic heterocycles. The predicted octanol–water partition coefficient (Wildman–Crippen LogP) is 1.93. The van der Waals surface area contributed by atoms with E-state index in [1.165, 1.54) is 19.3 Å². The molecule has 2 radical (unpaired) electrons. The fourth-order valence-electron chi connectivity index (χ4n) is 1.08. The van der Waals surface area contributed by atoms with Crippen LogP contribution in [0.1, 0.15) is 19.3 Å². The first kappa shape index (κ1) is 5.93. The highest BCUT2D eigenvalue weighted by atomic mass is 14.1. The summed E-state index contributed by atoms with van der Waals surface area (Å²) in [6, 6.07) is 0. The molecule has 1 rings (SSSR count). The molecular formula is C7H11B. The van der Waals surface area contributed by atoms with Crippen LogP contribution in [0.5, 0.6) is 0 Å². The molecule has 1 unspecified atom stereocenters. The minimum Gasteiger partial charge on any atom is -0.0883 e. The molecule has 1 heteroatoms. The van der Waals surface area contributed by atoms with E-state index in [1.807, 2.05) is 0 Å². The summed E-state index contributed by atoms with van der Waals surface area (Å²) >= 11 is 0. The molecule has 1 aliphatic carbocycles. The second-order valence-corrected chi connectivity index (χ2v) is 2.35. The van der Waals surface area contributed by atoms with Crippen LogP contribution in [0.4, 0.5) is 0 Å². The van der Waals surface area contributed by atoms with Gasteiger partial charge in [-0.1, -0.05) is 18.5 Å². The molecular weight excluding hydrogens is 94.9 g/mol. The van der Waals surface area contributed by atoms with Crippen LogP contribution in [0.25, 0.3) is 0 Å². The van der Waals surface area contributed by atoms with Crippen molar-refractivity contribution in [1.82, 2.24) is 0 Å². The Morgan fingerprint density at radius 1 is 1.62 bits per heavy atom. The Morgan fingerprint density at radius 3 is 2.88 bits per heavy atom. The summed E-state index contributed by atoms with van der Waals surface area (Å²) in [5.74, 6) is 0.684. The summed E-state index contributed by atoms with van der Waals surface area (Å²) in [5.41, 5.74) is 0. The summed E-state index contributed by atoms with van der Waals surface area (Å²) in [4.78, 5) is 0. The molecule has 0 spiro atoms. The minimum atomic E-state index is 0.684. The minimum absolute atomic E-state index is 0.684. The quantitative estimate of drug-likeness (QED) is 0.354. The van der Waals surface area contributed by atoms with Gasteiger partial charge in [-0.3, -0.25) is 0 Å². The van der Waals surface area contributed by atoms with Crippen LogP contribution >= 0.6 is 0 Å². The Balaban J connectivity index is 2.32. The Hall–Kier alpha value is -0.195. The Bertz CT molecular complexity index is 86.4. The second kappa shape index (κ2) is 2.96. The van der Waals surface area contributed by atoms with Gasteiger partial charge in [-0.2, -0.15) is 0 Å². The summed E-state index contributed by atoms with van der Waals surface area (Å²) in [6.45, 7) is 0. The van der Waals surface area contributed by atoms with E-state index in [4.69, 9.17) is 7.85 Å². The van der Waals surface area contributed by atoms with Crippen LogP contribution in [0, 0.1) is 5.92 Å². The smallest absolute Gasteiger partial charge is 0.0660 e. The van der Waals surface area contributed by atoms with Crippen molar-refractivity contribution in [3.63, 3.8) is 0 Å². The number of rotatable bonds is 1. The zero-order valence-corrected chi connectivity index (χ0v) is 5.14. The van der Waals surface area contributed by atoms with Gasteiger partial charge in [-0.25, -0.2) is 0 Å². The molecule has 42 valence electrons. The molecule has 0 N–H and O–H groups in total. The topological polar surface area (TPSA) is 0 Å². The van der Waals surface area contributed by atoms with Crippen LogP contribution in [-0.4, -0.2) is 7.85 Å². The maximum absolute atomic E-state index is 5.45. The first-order valence-corrected chi connectivity index (χ1v) is 3.30. The van der Waals surface area contributed by atoms with Gasteiger partial charge >= 0.3 is 0 Å². The molecule has 0 aromatic heterocycles. The van der Waals surface area contributed by atoms with Crippen molar-refractivity contribution in [2.75, 3.05) is 0 Å². The van der Waals surface area contributed by atoms with Crippen LogP contribution < -0.4 is 0 Å². The van der Waals surface area contributed by atoms with Crippen molar-refractivity contribution in [2.45, 2.75) is 25.6 Å². The third-order valence-electron chi connectivity index (χ3n) is 1.66. The number of hydrogen-bond donors (Lipinski definition) is 0. The lowest BCUT2D eigenvalue weighted by molar-refractivity contribution is 0.584. The third kappa shape index (κ3) is 1.39. The van der Waals surface area contributed by atoms with E-state index in [0.717, 1.165) is 6.32 Å². The normalized spacial score (nSPS) is 28.2. The van der Waals surface area contributed by atoms with Crippen molar-refractivity contribution in [3.05, 3.63) is 12.2 Å². The molecule has 0 heterocycles. The average Bonchev–Trinajstić information content (AvgIpc) is 1.90. The van der Waals surface area contributed by atoms with E-state index in [0.29, 0.717) is 5.92 Å². The second-order valence-electron chi connectivity index (χ2n) is 2.35. The van der Waals surface area contributed by atoms with E-state index in [-0.39, 0.29) is 0 Å². The molecule has 0 saturated heterocycles. The van der Waals surface area contributed by atoms with Crippen molar-refractivity contribution in [2.24, 2.45) is 5.92 Å². The SMILES string of the molecule is [B]CC1C=CCCC1. The zero-order chi connectivity index (χ0) is 5.82. The van der Waals surface area contributed by atoms with Gasteiger partial charge in [-0.05, 0) is 25.2 Å². The maximum atomic E-state index is 5.45. The Morgan fingerprint density at radius 2 is 2.50 bits per heavy atom. The first-order valence-electron chi connectivity index (χ1n) is 3.30. The van der Waals surface area contributed by atoms with Gasteiger partial charge in [0.25, 0.3) is 0 Å². The highest BCUT2D eigenvalue weighted by Crippen LogP contribution is 2.18. The van der Waals surface area contributed by atoms with Gasteiger partial charge in [0.05, 0.1) is 7.85 Å². The van der Waals surface area contributed by atoms with Crippen LogP contribution in [-0.2, 0) is 0 Å². The Labute approximate surface area is 52.4 Å². The Kier molecular flexibility index (Phi) is 2.19. The van der Waals surface area contributed by atoms with Crippen molar-refractivity contribution in [3.8, 4) is 0 Å². The highest BCUT2D eigenvalue weighted by Gasteiger charge is 2.03. The molecule has 0 amide bonds. The molecule has 1 aliphatic rings. The molecule has 0 aromatic rings. The first-order chi connectivity index (χ1) is 3.93. The van der Waals surface area contributed by atoms with Crippen molar-refractivity contribution < 1.29 is 0 Å².